The minimum atomic E-state index is -0.332. The summed E-state index contributed by atoms with van der Waals surface area (Å²) in [5, 5.41) is 5.65. The van der Waals surface area contributed by atoms with E-state index in [1.807, 2.05) is 0 Å². The summed E-state index contributed by atoms with van der Waals surface area (Å²) >= 11 is 6.10. The van der Waals surface area contributed by atoms with Crippen LogP contribution in [0, 0.1) is 0 Å². The zero-order valence-corrected chi connectivity index (χ0v) is 18.1. The number of amides is 2. The van der Waals surface area contributed by atoms with Crippen LogP contribution in [-0.4, -0.2) is 24.2 Å². The minimum absolute atomic E-state index is 0.0226. The molecular weight excluding hydrogens is 404 g/mol. The predicted molar refractivity (Wildman–Crippen MR) is 119 cm³/mol. The number of ketones is 1. The molecule has 30 heavy (non-hydrogen) atoms. The standard InChI is InChI=1S/C23H27ClN2O4/c1-3-4-5-14-30-19-9-6-17(7-10-19)22(28)12-13-23(29)26-21-15-18(25-16(2)27)8-11-20(21)24/h6-11,15H,3-5,12-14H2,1-2H3,(H,25,27)(H,26,29). The number of carbonyl (C=O) groups is 3. The average Bonchev–Trinajstić information content (AvgIpc) is 2.72. The second-order valence-corrected chi connectivity index (χ2v) is 7.33. The fourth-order valence-corrected chi connectivity index (χ4v) is 2.93. The third-order valence-corrected chi connectivity index (χ3v) is 4.66. The topological polar surface area (TPSA) is 84.5 Å². The van der Waals surface area contributed by atoms with E-state index in [0.717, 1.165) is 25.0 Å². The SMILES string of the molecule is CCCCCOc1ccc(C(=O)CCC(=O)Nc2cc(NC(C)=O)ccc2Cl)cc1. The van der Waals surface area contributed by atoms with Crippen molar-refractivity contribution in [3.05, 3.63) is 53.1 Å². The van der Waals surface area contributed by atoms with Gasteiger partial charge in [-0.3, -0.25) is 14.4 Å². The van der Waals surface area contributed by atoms with Gasteiger partial charge < -0.3 is 15.4 Å². The van der Waals surface area contributed by atoms with Gasteiger partial charge in [-0.25, -0.2) is 0 Å². The maximum Gasteiger partial charge on any atom is 0.224 e. The first-order valence-electron chi connectivity index (χ1n) is 10.0. The molecule has 0 aliphatic rings. The Kier molecular flexibility index (Phi) is 9.35. The summed E-state index contributed by atoms with van der Waals surface area (Å²) in [6.45, 7) is 4.19. The van der Waals surface area contributed by atoms with Crippen LogP contribution >= 0.6 is 11.6 Å². The largest absolute Gasteiger partial charge is 0.494 e. The Bertz CT molecular complexity index is 881. The number of ether oxygens (including phenoxy) is 1. The average molecular weight is 431 g/mol. The van der Waals surface area contributed by atoms with E-state index < -0.39 is 0 Å². The second-order valence-electron chi connectivity index (χ2n) is 6.93. The molecule has 2 rings (SSSR count). The van der Waals surface area contributed by atoms with Gasteiger partial charge in [-0.1, -0.05) is 31.4 Å². The Morgan fingerprint density at radius 2 is 1.70 bits per heavy atom. The van der Waals surface area contributed by atoms with Crippen LogP contribution in [0.3, 0.4) is 0 Å². The van der Waals surface area contributed by atoms with Crippen LogP contribution in [0.1, 0.15) is 56.3 Å². The molecule has 0 spiro atoms. The fraction of sp³-hybridized carbons (Fsp3) is 0.348. The van der Waals surface area contributed by atoms with E-state index in [4.69, 9.17) is 16.3 Å². The molecular formula is C23H27ClN2O4. The molecule has 2 amide bonds. The van der Waals surface area contributed by atoms with E-state index in [-0.39, 0.29) is 30.4 Å². The molecule has 2 aromatic rings. The first-order valence-corrected chi connectivity index (χ1v) is 10.4. The van der Waals surface area contributed by atoms with Crippen molar-refractivity contribution < 1.29 is 19.1 Å². The normalized spacial score (nSPS) is 10.4. The van der Waals surface area contributed by atoms with Crippen LogP contribution in [0.15, 0.2) is 42.5 Å². The number of hydrogen-bond acceptors (Lipinski definition) is 4. The summed E-state index contributed by atoms with van der Waals surface area (Å²) in [4.78, 5) is 35.8. The summed E-state index contributed by atoms with van der Waals surface area (Å²) in [5.41, 5.74) is 1.44. The van der Waals surface area contributed by atoms with Gasteiger partial charge in [-0.05, 0) is 48.9 Å². The fourth-order valence-electron chi connectivity index (χ4n) is 2.77. The van der Waals surface area contributed by atoms with Crippen LogP contribution in [0.2, 0.25) is 5.02 Å². The Morgan fingerprint density at radius 3 is 2.37 bits per heavy atom. The van der Waals surface area contributed by atoms with E-state index in [2.05, 4.69) is 17.6 Å². The molecule has 0 aliphatic carbocycles. The highest BCUT2D eigenvalue weighted by molar-refractivity contribution is 6.33. The highest BCUT2D eigenvalue weighted by atomic mass is 35.5. The van der Waals surface area contributed by atoms with E-state index in [9.17, 15) is 14.4 Å². The number of Topliss-reactive ketones (excluding diaryl/α,β-unsaturated/α-hetero) is 1. The van der Waals surface area contributed by atoms with E-state index in [1.165, 1.54) is 6.92 Å². The number of halogens is 1. The van der Waals surface area contributed by atoms with Crippen LogP contribution in [0.25, 0.3) is 0 Å². The maximum atomic E-state index is 12.4. The van der Waals surface area contributed by atoms with Crippen LogP contribution in [0.4, 0.5) is 11.4 Å². The van der Waals surface area contributed by atoms with Crippen LogP contribution < -0.4 is 15.4 Å². The Balaban J connectivity index is 1.84. The molecule has 0 aromatic heterocycles. The first-order chi connectivity index (χ1) is 14.4. The van der Waals surface area contributed by atoms with Gasteiger partial charge in [0, 0.05) is 31.0 Å². The molecule has 0 bridgehead atoms. The van der Waals surface area contributed by atoms with E-state index >= 15 is 0 Å². The molecule has 0 fully saturated rings. The number of unbranched alkanes of at least 4 members (excludes halogenated alkanes) is 2. The van der Waals surface area contributed by atoms with Crippen LogP contribution in [0.5, 0.6) is 5.75 Å². The van der Waals surface area contributed by atoms with Gasteiger partial charge >= 0.3 is 0 Å². The summed E-state index contributed by atoms with van der Waals surface area (Å²) in [6.07, 6.45) is 3.36. The summed E-state index contributed by atoms with van der Waals surface area (Å²) < 4.78 is 5.64. The van der Waals surface area contributed by atoms with E-state index in [1.54, 1.807) is 42.5 Å². The number of carbonyl (C=O) groups excluding carboxylic acids is 3. The molecule has 6 nitrogen and oxygen atoms in total. The van der Waals surface area contributed by atoms with Gasteiger partial charge in [-0.15, -0.1) is 0 Å². The van der Waals surface area contributed by atoms with Gasteiger partial charge in [-0.2, -0.15) is 0 Å². The molecule has 2 N–H and O–H groups in total. The highest BCUT2D eigenvalue weighted by Gasteiger charge is 2.12. The lowest BCUT2D eigenvalue weighted by atomic mass is 10.1. The minimum Gasteiger partial charge on any atom is -0.494 e. The lowest BCUT2D eigenvalue weighted by Gasteiger charge is -2.10. The Morgan fingerprint density at radius 1 is 0.967 bits per heavy atom. The van der Waals surface area contributed by atoms with Gasteiger partial charge in [0.05, 0.1) is 17.3 Å². The third-order valence-electron chi connectivity index (χ3n) is 4.33. The third kappa shape index (κ3) is 7.87. The summed E-state index contributed by atoms with van der Waals surface area (Å²) in [6, 6.07) is 11.8. The van der Waals surface area contributed by atoms with Crippen molar-refractivity contribution >= 4 is 40.6 Å². The lowest BCUT2D eigenvalue weighted by molar-refractivity contribution is -0.116. The summed E-state index contributed by atoms with van der Waals surface area (Å²) in [7, 11) is 0. The molecule has 2 aromatic carbocycles. The molecule has 0 heterocycles. The van der Waals surface area contributed by atoms with Crippen molar-refractivity contribution in [1.29, 1.82) is 0 Å². The predicted octanol–water partition coefficient (Wildman–Crippen LogP) is 5.47. The molecule has 0 saturated heterocycles. The van der Waals surface area contributed by atoms with Crippen molar-refractivity contribution in [2.45, 2.75) is 46.0 Å². The first kappa shape index (κ1) is 23.4. The van der Waals surface area contributed by atoms with Gasteiger partial charge in [0.15, 0.2) is 5.78 Å². The van der Waals surface area contributed by atoms with Crippen molar-refractivity contribution in [2.24, 2.45) is 0 Å². The molecule has 0 radical (unpaired) electrons. The number of rotatable bonds is 11. The molecule has 0 unspecified atom stereocenters. The van der Waals surface area contributed by atoms with Crippen molar-refractivity contribution in [3.63, 3.8) is 0 Å². The number of anilines is 2. The lowest BCUT2D eigenvalue weighted by Crippen LogP contribution is -2.14. The number of nitrogens with one attached hydrogen (secondary N) is 2. The maximum absolute atomic E-state index is 12.4. The molecule has 0 aliphatic heterocycles. The van der Waals surface area contributed by atoms with Crippen molar-refractivity contribution in [1.82, 2.24) is 0 Å². The van der Waals surface area contributed by atoms with Gasteiger partial charge in [0.25, 0.3) is 0 Å². The Hall–Kier alpha value is -2.86. The van der Waals surface area contributed by atoms with E-state index in [0.29, 0.717) is 28.6 Å². The molecule has 0 saturated carbocycles. The molecule has 160 valence electrons. The summed E-state index contributed by atoms with van der Waals surface area (Å²) in [5.74, 6) is 0.0496. The van der Waals surface area contributed by atoms with Crippen molar-refractivity contribution in [3.8, 4) is 5.75 Å². The zero-order valence-electron chi connectivity index (χ0n) is 17.3. The molecule has 7 heteroatoms. The Labute approximate surface area is 182 Å². The monoisotopic (exact) mass is 430 g/mol. The second kappa shape index (κ2) is 12.0. The highest BCUT2D eigenvalue weighted by Crippen LogP contribution is 2.26. The number of hydrogen-bond donors (Lipinski definition) is 2. The van der Waals surface area contributed by atoms with Gasteiger partial charge in [0.1, 0.15) is 5.75 Å². The smallest absolute Gasteiger partial charge is 0.224 e. The molecule has 0 atom stereocenters. The quantitative estimate of drug-likeness (QED) is 0.365. The van der Waals surface area contributed by atoms with Gasteiger partial charge in [0.2, 0.25) is 11.8 Å². The zero-order chi connectivity index (χ0) is 21.9. The van der Waals surface area contributed by atoms with Crippen LogP contribution in [-0.2, 0) is 9.59 Å². The number of benzene rings is 2. The van der Waals surface area contributed by atoms with Crippen molar-refractivity contribution in [2.75, 3.05) is 17.2 Å².